The quantitative estimate of drug-likeness (QED) is 0.254. The van der Waals surface area contributed by atoms with Crippen molar-refractivity contribution in [1.29, 1.82) is 0 Å². The molecule has 40 heavy (non-hydrogen) atoms. The fourth-order valence-electron chi connectivity index (χ4n) is 5.17. The zero-order valence-electron chi connectivity index (χ0n) is 22.8. The summed E-state index contributed by atoms with van der Waals surface area (Å²) in [5.74, 6) is 0.243. The van der Waals surface area contributed by atoms with Crippen LogP contribution in [0.25, 0.3) is 32.9 Å². The number of halogens is 2. The van der Waals surface area contributed by atoms with E-state index in [0.717, 1.165) is 35.6 Å². The summed E-state index contributed by atoms with van der Waals surface area (Å²) >= 11 is 0. The van der Waals surface area contributed by atoms with Crippen molar-refractivity contribution < 1.29 is 28.1 Å². The van der Waals surface area contributed by atoms with E-state index in [0.29, 0.717) is 28.9 Å². The zero-order chi connectivity index (χ0) is 28.0. The van der Waals surface area contributed by atoms with Gasteiger partial charge in [-0.1, -0.05) is 25.1 Å². The SMILES string of the molecule is CCc1cccc2cc(OCOC)cc(-c3ncc4c(N(C)C5C[C@H]5F)nc(OCC5(CO)CC5)nc4c3F)c12. The average molecular weight is 551 g/mol. The Balaban J connectivity index is 1.52. The standard InChI is InChI=1S/C30H32F2N4O4/c1-4-17-6-5-7-18-10-19(40-16-38-3)11-20(24(17)18)26-25(32)27-21(13-33-26)28(36(2)23-12-22(23)31)35-29(34-27)39-15-30(14-37)8-9-30/h5-7,10-11,13,22-23,37H,4,8-9,12,14-16H2,1-3H3/t22-,23?/m1/s1. The normalized spacial score (nSPS) is 19.1. The summed E-state index contributed by atoms with van der Waals surface area (Å²) in [5.41, 5.74) is 1.45. The molecule has 6 rings (SSSR count). The molecule has 2 aliphatic rings. The number of nitrogens with zero attached hydrogens (tertiary/aromatic N) is 4. The van der Waals surface area contributed by atoms with Gasteiger partial charge in [0.05, 0.1) is 24.6 Å². The number of rotatable bonds is 11. The number of hydrogen-bond acceptors (Lipinski definition) is 8. The number of pyridine rings is 1. The molecule has 2 saturated carbocycles. The Morgan fingerprint density at radius 2 is 1.98 bits per heavy atom. The number of aryl methyl sites for hydroxylation is 1. The number of fused-ring (bicyclic) bond motifs is 2. The maximum absolute atomic E-state index is 16.6. The monoisotopic (exact) mass is 550 g/mol. The summed E-state index contributed by atoms with van der Waals surface area (Å²) in [4.78, 5) is 15.3. The van der Waals surface area contributed by atoms with Crippen molar-refractivity contribution in [2.24, 2.45) is 5.41 Å². The molecule has 0 bridgehead atoms. The van der Waals surface area contributed by atoms with Crippen LogP contribution in [0.4, 0.5) is 14.6 Å². The Morgan fingerprint density at radius 3 is 2.65 bits per heavy atom. The largest absolute Gasteiger partial charge is 0.468 e. The molecule has 4 aromatic rings. The van der Waals surface area contributed by atoms with Crippen LogP contribution in [0.5, 0.6) is 11.8 Å². The Kier molecular flexibility index (Phi) is 6.92. The van der Waals surface area contributed by atoms with E-state index < -0.39 is 12.0 Å². The first-order valence-electron chi connectivity index (χ1n) is 13.5. The third kappa shape index (κ3) is 4.79. The van der Waals surface area contributed by atoms with Crippen LogP contribution >= 0.6 is 0 Å². The molecule has 2 heterocycles. The van der Waals surface area contributed by atoms with Crippen LogP contribution in [0.1, 0.15) is 31.7 Å². The van der Waals surface area contributed by atoms with Crippen molar-refractivity contribution in [1.82, 2.24) is 15.0 Å². The lowest BCUT2D eigenvalue weighted by atomic mass is 9.95. The summed E-state index contributed by atoms with van der Waals surface area (Å²) in [6.45, 7) is 2.31. The fourth-order valence-corrected chi connectivity index (χ4v) is 5.17. The third-order valence-electron chi connectivity index (χ3n) is 7.97. The van der Waals surface area contributed by atoms with Crippen LogP contribution in [-0.4, -0.2) is 66.4 Å². The first-order chi connectivity index (χ1) is 19.4. The molecule has 2 aromatic carbocycles. The highest BCUT2D eigenvalue weighted by atomic mass is 19.1. The Hall–Kier alpha value is -3.63. The molecular weight excluding hydrogens is 518 g/mol. The summed E-state index contributed by atoms with van der Waals surface area (Å²) in [5, 5.41) is 11.8. The molecule has 2 atom stereocenters. The predicted molar refractivity (Wildman–Crippen MR) is 148 cm³/mol. The maximum atomic E-state index is 16.6. The molecule has 0 amide bonds. The number of benzene rings is 2. The van der Waals surface area contributed by atoms with Gasteiger partial charge in [0.25, 0.3) is 0 Å². The minimum atomic E-state index is -0.978. The molecule has 1 N–H and O–H groups in total. The van der Waals surface area contributed by atoms with Gasteiger partial charge in [-0.05, 0) is 47.7 Å². The molecule has 0 aliphatic heterocycles. The molecule has 8 nitrogen and oxygen atoms in total. The lowest BCUT2D eigenvalue weighted by Crippen LogP contribution is -2.24. The van der Waals surface area contributed by atoms with E-state index in [1.807, 2.05) is 31.2 Å². The minimum Gasteiger partial charge on any atom is -0.468 e. The second-order valence-electron chi connectivity index (χ2n) is 10.8. The van der Waals surface area contributed by atoms with Gasteiger partial charge in [0, 0.05) is 37.8 Å². The van der Waals surface area contributed by atoms with E-state index in [4.69, 9.17) is 14.2 Å². The lowest BCUT2D eigenvalue weighted by Gasteiger charge is -2.21. The number of hydrogen-bond donors (Lipinski definition) is 1. The van der Waals surface area contributed by atoms with Gasteiger partial charge in [-0.15, -0.1) is 0 Å². The summed E-state index contributed by atoms with van der Waals surface area (Å²) in [6, 6.07) is 9.22. The van der Waals surface area contributed by atoms with Crippen molar-refractivity contribution in [2.75, 3.05) is 39.1 Å². The number of aliphatic hydroxyl groups excluding tert-OH is 1. The average Bonchev–Trinajstić information content (AvgIpc) is 3.91. The summed E-state index contributed by atoms with van der Waals surface area (Å²) < 4.78 is 47.3. The van der Waals surface area contributed by atoms with Gasteiger partial charge in [-0.2, -0.15) is 9.97 Å². The van der Waals surface area contributed by atoms with Crippen LogP contribution < -0.4 is 14.4 Å². The molecule has 2 aliphatic carbocycles. The lowest BCUT2D eigenvalue weighted by molar-refractivity contribution is 0.0512. The highest BCUT2D eigenvalue weighted by Gasteiger charge is 2.44. The van der Waals surface area contributed by atoms with Crippen molar-refractivity contribution in [2.45, 2.75) is 44.8 Å². The molecule has 0 saturated heterocycles. The first-order valence-corrected chi connectivity index (χ1v) is 13.5. The van der Waals surface area contributed by atoms with Gasteiger partial charge < -0.3 is 24.2 Å². The smallest absolute Gasteiger partial charge is 0.319 e. The zero-order valence-corrected chi connectivity index (χ0v) is 22.8. The van der Waals surface area contributed by atoms with Gasteiger partial charge >= 0.3 is 6.01 Å². The van der Waals surface area contributed by atoms with E-state index in [-0.39, 0.29) is 48.7 Å². The van der Waals surface area contributed by atoms with Crippen LogP contribution in [0.2, 0.25) is 0 Å². The molecule has 2 aromatic heterocycles. The Morgan fingerprint density at radius 1 is 1.18 bits per heavy atom. The Labute approximate surface area is 230 Å². The second-order valence-corrected chi connectivity index (χ2v) is 10.8. The highest BCUT2D eigenvalue weighted by molar-refractivity contribution is 6.01. The second kappa shape index (κ2) is 10.4. The van der Waals surface area contributed by atoms with Gasteiger partial charge in [-0.3, -0.25) is 4.98 Å². The number of alkyl halides is 1. The van der Waals surface area contributed by atoms with Crippen molar-refractivity contribution in [3.63, 3.8) is 0 Å². The van der Waals surface area contributed by atoms with Gasteiger partial charge in [0.15, 0.2) is 12.6 Å². The van der Waals surface area contributed by atoms with E-state index in [2.05, 4.69) is 15.0 Å². The van der Waals surface area contributed by atoms with Gasteiger partial charge in [0.2, 0.25) is 0 Å². The maximum Gasteiger partial charge on any atom is 0.319 e. The molecule has 2 fully saturated rings. The van der Waals surface area contributed by atoms with Crippen LogP contribution in [0.3, 0.4) is 0 Å². The number of methoxy groups -OCH3 is 1. The first kappa shape index (κ1) is 26.6. The molecular formula is C30H32F2N4O4. The van der Waals surface area contributed by atoms with Crippen LogP contribution in [-0.2, 0) is 11.2 Å². The van der Waals surface area contributed by atoms with E-state index >= 15 is 4.39 Å². The summed E-state index contributed by atoms with van der Waals surface area (Å²) in [6.07, 6.45) is 3.36. The van der Waals surface area contributed by atoms with Gasteiger partial charge in [-0.25, -0.2) is 8.78 Å². The molecule has 10 heteroatoms. The van der Waals surface area contributed by atoms with Gasteiger partial charge in [0.1, 0.15) is 28.9 Å². The topological polar surface area (TPSA) is 89.8 Å². The van der Waals surface area contributed by atoms with E-state index in [9.17, 15) is 9.50 Å². The Bertz CT molecular complexity index is 1580. The number of aliphatic hydroxyl groups is 1. The highest BCUT2D eigenvalue weighted by Crippen LogP contribution is 2.45. The number of anilines is 1. The molecule has 1 unspecified atom stereocenters. The molecule has 0 radical (unpaired) electrons. The fraction of sp³-hybridized carbons (Fsp3) is 0.433. The molecule has 210 valence electrons. The van der Waals surface area contributed by atoms with Crippen molar-refractivity contribution in [3.8, 4) is 23.0 Å². The number of ether oxygens (including phenoxy) is 3. The van der Waals surface area contributed by atoms with Crippen LogP contribution in [0, 0.1) is 11.2 Å². The third-order valence-corrected chi connectivity index (χ3v) is 7.97. The van der Waals surface area contributed by atoms with Crippen molar-refractivity contribution in [3.05, 3.63) is 47.9 Å². The number of aromatic nitrogens is 3. The summed E-state index contributed by atoms with van der Waals surface area (Å²) in [7, 11) is 3.27. The molecule has 0 spiro atoms. The minimum absolute atomic E-state index is 0.00427. The van der Waals surface area contributed by atoms with E-state index in [1.54, 1.807) is 18.0 Å². The van der Waals surface area contributed by atoms with E-state index in [1.165, 1.54) is 13.3 Å². The predicted octanol–water partition coefficient (Wildman–Crippen LogP) is 5.23. The van der Waals surface area contributed by atoms with Crippen molar-refractivity contribution >= 4 is 27.5 Å². The van der Waals surface area contributed by atoms with Crippen LogP contribution in [0.15, 0.2) is 36.5 Å².